The van der Waals surface area contributed by atoms with Crippen LogP contribution in [-0.2, 0) is 4.79 Å². The summed E-state index contributed by atoms with van der Waals surface area (Å²) in [5, 5.41) is 12.2. The number of nitrogens with one attached hydrogen (secondary N) is 1. The Morgan fingerprint density at radius 3 is 2.50 bits per heavy atom. The van der Waals surface area contributed by atoms with Crippen LogP contribution in [0.4, 0.5) is 11.5 Å². The zero-order valence-corrected chi connectivity index (χ0v) is 17.5. The molecule has 1 saturated heterocycles. The summed E-state index contributed by atoms with van der Waals surface area (Å²) in [6.07, 6.45) is 2.42. The zero-order valence-electron chi connectivity index (χ0n) is 16.8. The predicted molar refractivity (Wildman–Crippen MR) is 119 cm³/mol. The van der Waals surface area contributed by atoms with Crippen molar-refractivity contribution in [2.24, 2.45) is 0 Å². The van der Waals surface area contributed by atoms with Crippen LogP contribution in [0, 0.1) is 6.92 Å². The molecule has 0 spiro atoms. The number of amides is 1. The number of nitrogens with zero attached hydrogens (tertiary/aromatic N) is 3. The SMILES string of the molecule is Cc1cc(OCC(=O)Nc2ccc(-c3ccc(N4CCCC4)nn3)cc2)ccc1Cl. The number of halogens is 1. The van der Waals surface area contributed by atoms with Crippen LogP contribution in [-0.4, -0.2) is 35.8 Å². The Labute approximate surface area is 180 Å². The molecule has 1 N–H and O–H groups in total. The van der Waals surface area contributed by atoms with Gasteiger partial charge < -0.3 is 15.0 Å². The van der Waals surface area contributed by atoms with Crippen LogP contribution >= 0.6 is 11.6 Å². The van der Waals surface area contributed by atoms with Gasteiger partial charge in [-0.25, -0.2) is 0 Å². The second-order valence-corrected chi connectivity index (χ2v) is 7.70. The Hall–Kier alpha value is -3.12. The number of hydrogen-bond donors (Lipinski definition) is 1. The van der Waals surface area contributed by atoms with Crippen LogP contribution in [0.3, 0.4) is 0 Å². The highest BCUT2D eigenvalue weighted by Crippen LogP contribution is 2.23. The maximum atomic E-state index is 12.2. The van der Waals surface area contributed by atoms with E-state index in [0.29, 0.717) is 16.5 Å². The predicted octanol–water partition coefficient (Wildman–Crippen LogP) is 4.72. The van der Waals surface area contributed by atoms with Crippen LogP contribution in [0.25, 0.3) is 11.3 Å². The van der Waals surface area contributed by atoms with Crippen molar-refractivity contribution in [2.75, 3.05) is 29.9 Å². The molecule has 1 aromatic heterocycles. The van der Waals surface area contributed by atoms with Gasteiger partial charge in [0.15, 0.2) is 12.4 Å². The van der Waals surface area contributed by atoms with Crippen LogP contribution < -0.4 is 15.0 Å². The van der Waals surface area contributed by atoms with Gasteiger partial charge in [0, 0.05) is 29.4 Å². The maximum Gasteiger partial charge on any atom is 0.262 e. The first-order valence-corrected chi connectivity index (χ1v) is 10.3. The molecule has 0 bridgehead atoms. The third-order valence-corrected chi connectivity index (χ3v) is 5.47. The van der Waals surface area contributed by atoms with Gasteiger partial charge in [0.2, 0.25) is 0 Å². The molecule has 1 amide bonds. The monoisotopic (exact) mass is 422 g/mol. The molecule has 1 aliphatic rings. The van der Waals surface area contributed by atoms with Crippen molar-refractivity contribution in [1.29, 1.82) is 0 Å². The van der Waals surface area contributed by atoms with E-state index in [1.165, 1.54) is 12.8 Å². The number of benzene rings is 2. The number of rotatable bonds is 6. The fourth-order valence-electron chi connectivity index (χ4n) is 3.37. The van der Waals surface area contributed by atoms with Gasteiger partial charge in [-0.2, -0.15) is 0 Å². The molecule has 4 rings (SSSR count). The van der Waals surface area contributed by atoms with Gasteiger partial charge in [0.25, 0.3) is 5.91 Å². The number of aryl methyl sites for hydroxylation is 1. The van der Waals surface area contributed by atoms with Crippen LogP contribution in [0.1, 0.15) is 18.4 Å². The molecule has 2 heterocycles. The molecule has 6 nitrogen and oxygen atoms in total. The Morgan fingerprint density at radius 2 is 1.83 bits per heavy atom. The van der Waals surface area contributed by atoms with E-state index in [-0.39, 0.29) is 12.5 Å². The van der Waals surface area contributed by atoms with Gasteiger partial charge in [0.05, 0.1) is 5.69 Å². The lowest BCUT2D eigenvalue weighted by molar-refractivity contribution is -0.118. The fraction of sp³-hybridized carbons (Fsp3) is 0.261. The number of anilines is 2. The summed E-state index contributed by atoms with van der Waals surface area (Å²) >= 11 is 6.00. The molecule has 0 unspecified atom stereocenters. The smallest absolute Gasteiger partial charge is 0.262 e. The molecule has 0 aliphatic carbocycles. The molecular formula is C23H23ClN4O2. The number of ether oxygens (including phenoxy) is 1. The van der Waals surface area contributed by atoms with E-state index >= 15 is 0 Å². The summed E-state index contributed by atoms with van der Waals surface area (Å²) in [4.78, 5) is 14.4. The van der Waals surface area contributed by atoms with Crippen LogP contribution in [0.15, 0.2) is 54.6 Å². The average Bonchev–Trinajstić information content (AvgIpc) is 3.30. The normalized spacial score (nSPS) is 13.3. The third-order valence-electron chi connectivity index (χ3n) is 5.04. The fourth-order valence-corrected chi connectivity index (χ4v) is 3.49. The maximum absolute atomic E-state index is 12.2. The van der Waals surface area contributed by atoms with Gasteiger partial charge >= 0.3 is 0 Å². The molecule has 30 heavy (non-hydrogen) atoms. The van der Waals surface area contributed by atoms with Crippen molar-refractivity contribution in [3.05, 3.63) is 65.2 Å². The van der Waals surface area contributed by atoms with Crippen molar-refractivity contribution in [1.82, 2.24) is 10.2 Å². The average molecular weight is 423 g/mol. The van der Waals surface area contributed by atoms with E-state index in [9.17, 15) is 4.79 Å². The molecule has 0 atom stereocenters. The minimum Gasteiger partial charge on any atom is -0.484 e. The van der Waals surface area contributed by atoms with E-state index < -0.39 is 0 Å². The van der Waals surface area contributed by atoms with Gasteiger partial charge in [-0.15, -0.1) is 10.2 Å². The Balaban J connectivity index is 1.32. The number of carbonyl (C=O) groups is 1. The summed E-state index contributed by atoms with van der Waals surface area (Å²) in [7, 11) is 0. The van der Waals surface area contributed by atoms with Crippen molar-refractivity contribution >= 4 is 29.0 Å². The summed E-state index contributed by atoms with van der Waals surface area (Å²) in [6, 6.07) is 16.8. The van der Waals surface area contributed by atoms with E-state index in [0.717, 1.165) is 35.7 Å². The van der Waals surface area contributed by atoms with Gasteiger partial charge in [0.1, 0.15) is 5.75 Å². The second kappa shape index (κ2) is 9.13. The topological polar surface area (TPSA) is 67.3 Å². The van der Waals surface area contributed by atoms with Gasteiger partial charge in [-0.05, 0) is 67.8 Å². The second-order valence-electron chi connectivity index (χ2n) is 7.30. The van der Waals surface area contributed by atoms with E-state index in [1.54, 1.807) is 18.2 Å². The summed E-state index contributed by atoms with van der Waals surface area (Å²) in [6.45, 7) is 3.90. The molecule has 2 aromatic carbocycles. The van der Waals surface area contributed by atoms with Crippen molar-refractivity contribution in [2.45, 2.75) is 19.8 Å². The molecular weight excluding hydrogens is 400 g/mol. The highest BCUT2D eigenvalue weighted by Gasteiger charge is 2.14. The summed E-state index contributed by atoms with van der Waals surface area (Å²) in [5.74, 6) is 1.31. The molecule has 1 aliphatic heterocycles. The van der Waals surface area contributed by atoms with E-state index in [4.69, 9.17) is 16.3 Å². The first kappa shape index (κ1) is 20.2. The lowest BCUT2D eigenvalue weighted by Crippen LogP contribution is -2.20. The Morgan fingerprint density at radius 1 is 1.07 bits per heavy atom. The summed E-state index contributed by atoms with van der Waals surface area (Å²) in [5.41, 5.74) is 3.35. The highest BCUT2D eigenvalue weighted by atomic mass is 35.5. The Bertz CT molecular complexity index is 1020. The lowest BCUT2D eigenvalue weighted by Gasteiger charge is -2.15. The largest absolute Gasteiger partial charge is 0.484 e. The third kappa shape index (κ3) is 4.89. The lowest BCUT2D eigenvalue weighted by atomic mass is 10.1. The molecule has 154 valence electrons. The minimum absolute atomic E-state index is 0.0771. The summed E-state index contributed by atoms with van der Waals surface area (Å²) < 4.78 is 5.53. The molecule has 1 fully saturated rings. The van der Waals surface area contributed by atoms with Crippen molar-refractivity contribution in [3.8, 4) is 17.0 Å². The molecule has 7 heteroatoms. The standard InChI is InChI=1S/C23H23ClN4O2/c1-16-14-19(8-9-20(16)24)30-15-23(29)25-18-6-4-17(5-7-18)21-10-11-22(27-26-21)28-12-2-3-13-28/h4-11,14H,2-3,12-13,15H2,1H3,(H,25,29). The van der Waals surface area contributed by atoms with Crippen LogP contribution in [0.2, 0.25) is 5.02 Å². The number of aromatic nitrogens is 2. The van der Waals surface area contributed by atoms with E-state index in [2.05, 4.69) is 20.4 Å². The van der Waals surface area contributed by atoms with Gasteiger partial charge in [-0.3, -0.25) is 4.79 Å². The molecule has 0 saturated carbocycles. The molecule has 3 aromatic rings. The van der Waals surface area contributed by atoms with Gasteiger partial charge in [-0.1, -0.05) is 23.7 Å². The van der Waals surface area contributed by atoms with Crippen LogP contribution in [0.5, 0.6) is 5.75 Å². The first-order chi connectivity index (χ1) is 14.6. The van der Waals surface area contributed by atoms with Crippen molar-refractivity contribution in [3.63, 3.8) is 0 Å². The van der Waals surface area contributed by atoms with E-state index in [1.807, 2.05) is 43.3 Å². The first-order valence-electron chi connectivity index (χ1n) is 9.96. The van der Waals surface area contributed by atoms with Crippen molar-refractivity contribution < 1.29 is 9.53 Å². The quantitative estimate of drug-likeness (QED) is 0.622. The number of hydrogen-bond acceptors (Lipinski definition) is 5. The number of carbonyl (C=O) groups excluding carboxylic acids is 1. The molecule has 0 radical (unpaired) electrons. The minimum atomic E-state index is -0.231. The Kier molecular flexibility index (Phi) is 6.14. The zero-order chi connectivity index (χ0) is 20.9. The highest BCUT2D eigenvalue weighted by molar-refractivity contribution is 6.31.